The van der Waals surface area contributed by atoms with Gasteiger partial charge in [-0.1, -0.05) is 36.7 Å². The Morgan fingerprint density at radius 2 is 1.77 bits per heavy atom. The maximum atomic E-state index is 12.8. The lowest BCUT2D eigenvalue weighted by Gasteiger charge is -2.55. The Morgan fingerprint density at radius 3 is 2.32 bits per heavy atom. The van der Waals surface area contributed by atoms with Crippen molar-refractivity contribution in [3.63, 3.8) is 0 Å². The lowest BCUT2D eigenvalue weighted by atomic mass is 9.53. The van der Waals surface area contributed by atoms with E-state index in [1.54, 1.807) is 6.92 Å². The third-order valence-electron chi connectivity index (χ3n) is 7.80. The largest absolute Gasteiger partial charge is 0.330 e. The van der Waals surface area contributed by atoms with Gasteiger partial charge in [0.15, 0.2) is 5.17 Å². The molecule has 4 aliphatic carbocycles. The van der Waals surface area contributed by atoms with Crippen molar-refractivity contribution in [1.29, 1.82) is 0 Å². The minimum atomic E-state index is 0.0166. The molecule has 1 amide bonds. The van der Waals surface area contributed by atoms with E-state index < -0.39 is 0 Å². The van der Waals surface area contributed by atoms with Gasteiger partial charge in [0.25, 0.3) is 0 Å². The Hall–Kier alpha value is -1.20. The third-order valence-corrected chi connectivity index (χ3v) is 9.10. The molecule has 168 valence electrons. The summed E-state index contributed by atoms with van der Waals surface area (Å²) in [5, 5.41) is 1.88. The molecule has 4 nitrogen and oxygen atoms in total. The second-order valence-corrected chi connectivity index (χ2v) is 11.7. The second-order valence-electron chi connectivity index (χ2n) is 10.2. The van der Waals surface area contributed by atoms with E-state index in [1.807, 2.05) is 40.9 Å². The van der Waals surface area contributed by atoms with Crippen LogP contribution in [-0.4, -0.2) is 40.0 Å². The van der Waals surface area contributed by atoms with E-state index in [2.05, 4.69) is 11.8 Å². The van der Waals surface area contributed by atoms with Gasteiger partial charge >= 0.3 is 0 Å². The third kappa shape index (κ3) is 4.25. The van der Waals surface area contributed by atoms with Crippen molar-refractivity contribution in [1.82, 2.24) is 4.90 Å². The van der Waals surface area contributed by atoms with Crippen LogP contribution in [0.1, 0.15) is 65.2 Å². The summed E-state index contributed by atoms with van der Waals surface area (Å²) in [4.78, 5) is 22.7. The molecule has 0 aromatic heterocycles. The quantitative estimate of drug-likeness (QED) is 0.508. The molecule has 1 aromatic carbocycles. The molecule has 6 rings (SSSR count). The first-order valence-electron chi connectivity index (χ1n) is 12.0. The predicted molar refractivity (Wildman–Crippen MR) is 131 cm³/mol. The lowest BCUT2D eigenvalue weighted by molar-refractivity contribution is -0.117. The number of rotatable bonds is 6. The summed E-state index contributed by atoms with van der Waals surface area (Å²) >= 11 is 7.97. The first-order valence-corrected chi connectivity index (χ1v) is 13.4. The number of hydrogen-bond acceptors (Lipinski definition) is 3. The summed E-state index contributed by atoms with van der Waals surface area (Å²) < 4.78 is 0. The smallest absolute Gasteiger partial charge is 0.225 e. The Morgan fingerprint density at radius 1 is 1.16 bits per heavy atom. The molecule has 5 aliphatic rings. The molecule has 4 bridgehead atoms. The van der Waals surface area contributed by atoms with Crippen LogP contribution in [-0.2, 0) is 4.79 Å². The number of amidine groups is 1. The first-order chi connectivity index (χ1) is 15.0. The number of benzene rings is 1. The van der Waals surface area contributed by atoms with Gasteiger partial charge in [-0.05, 0) is 87.0 Å². The molecule has 0 N–H and O–H groups in total. The van der Waals surface area contributed by atoms with Crippen molar-refractivity contribution >= 4 is 40.1 Å². The highest BCUT2D eigenvalue weighted by molar-refractivity contribution is 8.14. The zero-order valence-corrected chi connectivity index (χ0v) is 20.3. The Kier molecular flexibility index (Phi) is 6.02. The van der Waals surface area contributed by atoms with Gasteiger partial charge in [-0.2, -0.15) is 0 Å². The number of carbonyl (C=O) groups excluding carboxylic acids is 1. The molecule has 1 saturated heterocycles. The second kappa shape index (κ2) is 8.62. The number of hydrogen-bond donors (Lipinski definition) is 0. The highest BCUT2D eigenvalue weighted by Gasteiger charge is 2.52. The zero-order chi connectivity index (χ0) is 21.6. The van der Waals surface area contributed by atoms with Gasteiger partial charge in [0.05, 0.1) is 5.54 Å². The predicted octanol–water partition coefficient (Wildman–Crippen LogP) is 6.19. The first kappa shape index (κ1) is 21.6. The van der Waals surface area contributed by atoms with Crippen molar-refractivity contribution in [3.05, 3.63) is 29.3 Å². The van der Waals surface area contributed by atoms with Crippen molar-refractivity contribution in [3.8, 4) is 0 Å². The number of anilines is 1. The van der Waals surface area contributed by atoms with Gasteiger partial charge in [-0.15, -0.1) is 0 Å². The van der Waals surface area contributed by atoms with E-state index in [1.165, 1.54) is 43.7 Å². The molecule has 1 atom stereocenters. The molecule has 1 aliphatic heterocycles. The number of amides is 1. The summed E-state index contributed by atoms with van der Waals surface area (Å²) in [5.41, 5.74) is 1.08. The van der Waals surface area contributed by atoms with E-state index in [4.69, 9.17) is 16.6 Å². The molecule has 1 unspecified atom stereocenters. The number of halogens is 1. The van der Waals surface area contributed by atoms with Gasteiger partial charge in [0.2, 0.25) is 5.91 Å². The molecule has 6 heteroatoms. The van der Waals surface area contributed by atoms with Crippen LogP contribution in [0.25, 0.3) is 0 Å². The minimum absolute atomic E-state index is 0.0166. The fourth-order valence-corrected chi connectivity index (χ4v) is 8.29. The van der Waals surface area contributed by atoms with Gasteiger partial charge in [0.1, 0.15) is 6.17 Å². The molecular weight excluding hydrogens is 426 g/mol. The maximum Gasteiger partial charge on any atom is 0.225 e. The van der Waals surface area contributed by atoms with Gasteiger partial charge in [-0.3, -0.25) is 14.7 Å². The van der Waals surface area contributed by atoms with Crippen LogP contribution in [0.4, 0.5) is 5.69 Å². The van der Waals surface area contributed by atoms with E-state index in [0.29, 0.717) is 5.02 Å². The molecule has 0 spiro atoms. The van der Waals surface area contributed by atoms with Crippen molar-refractivity contribution in [2.75, 3.05) is 17.2 Å². The number of unbranched alkanes of at least 4 members (excludes halogenated alkanes) is 1. The van der Waals surface area contributed by atoms with Crippen molar-refractivity contribution in [2.45, 2.75) is 76.9 Å². The number of carbonyl (C=O) groups is 1. The van der Waals surface area contributed by atoms with Crippen LogP contribution in [0, 0.1) is 17.8 Å². The standard InChI is InChI=1S/C25H34ClN3OS/c1-3-4-9-28-23(29(17(2)30)22-7-5-21(26)6-8-22)16-31-24(28)27-25-13-18-10-19(14-25)12-20(11-18)15-25/h5-8,18-20,23H,3-4,9-16H2,1-2H3. The van der Waals surface area contributed by atoms with Gasteiger partial charge < -0.3 is 4.90 Å². The van der Waals surface area contributed by atoms with Crippen molar-refractivity contribution in [2.24, 2.45) is 22.7 Å². The van der Waals surface area contributed by atoms with E-state index in [0.717, 1.165) is 48.6 Å². The summed E-state index contributed by atoms with van der Waals surface area (Å²) in [5.74, 6) is 3.63. The molecule has 1 aromatic rings. The summed E-state index contributed by atoms with van der Waals surface area (Å²) in [6.07, 6.45) is 10.4. The zero-order valence-electron chi connectivity index (χ0n) is 18.7. The van der Waals surface area contributed by atoms with Crippen LogP contribution >= 0.6 is 23.4 Å². The average Bonchev–Trinajstić information content (AvgIpc) is 3.08. The van der Waals surface area contributed by atoms with Gasteiger partial charge in [-0.25, -0.2) is 0 Å². The molecule has 4 saturated carbocycles. The van der Waals surface area contributed by atoms with Gasteiger partial charge in [0, 0.05) is 29.9 Å². The fraction of sp³-hybridized carbons (Fsp3) is 0.680. The Labute approximate surface area is 195 Å². The normalized spacial score (nSPS) is 35.2. The van der Waals surface area contributed by atoms with Crippen LogP contribution < -0.4 is 4.90 Å². The molecule has 0 radical (unpaired) electrons. The molecular formula is C25H34ClN3OS. The Bertz CT molecular complexity index is 820. The summed E-state index contributed by atoms with van der Waals surface area (Å²) in [6, 6.07) is 7.66. The number of thioether (sulfide) groups is 1. The fourth-order valence-electron chi connectivity index (χ4n) is 6.90. The number of aliphatic imine (C=N–C) groups is 1. The van der Waals surface area contributed by atoms with E-state index in [9.17, 15) is 4.79 Å². The molecule has 1 heterocycles. The molecule has 5 fully saturated rings. The average molecular weight is 460 g/mol. The lowest BCUT2D eigenvalue weighted by Crippen LogP contribution is -2.52. The van der Waals surface area contributed by atoms with E-state index in [-0.39, 0.29) is 17.6 Å². The highest BCUT2D eigenvalue weighted by Crippen LogP contribution is 2.57. The van der Waals surface area contributed by atoms with Crippen molar-refractivity contribution < 1.29 is 4.79 Å². The van der Waals surface area contributed by atoms with Crippen LogP contribution in [0.3, 0.4) is 0 Å². The van der Waals surface area contributed by atoms with Crippen LogP contribution in [0.2, 0.25) is 5.02 Å². The summed E-state index contributed by atoms with van der Waals surface area (Å²) in [6.45, 7) is 4.86. The molecule has 31 heavy (non-hydrogen) atoms. The SMILES string of the molecule is CCCCN1C(=NC23CC4CC(CC(C4)C2)C3)SCC1N(C(C)=O)c1ccc(Cl)cc1. The topological polar surface area (TPSA) is 35.9 Å². The summed E-state index contributed by atoms with van der Waals surface area (Å²) in [7, 11) is 0. The van der Waals surface area contributed by atoms with Crippen LogP contribution in [0.5, 0.6) is 0 Å². The number of nitrogens with zero attached hydrogens (tertiary/aromatic N) is 3. The maximum absolute atomic E-state index is 12.8. The van der Waals surface area contributed by atoms with E-state index >= 15 is 0 Å². The highest BCUT2D eigenvalue weighted by atomic mass is 35.5. The minimum Gasteiger partial charge on any atom is -0.330 e. The monoisotopic (exact) mass is 459 g/mol. The van der Waals surface area contributed by atoms with Crippen LogP contribution in [0.15, 0.2) is 29.3 Å². The Balaban J connectivity index is 1.45.